The fourth-order valence-corrected chi connectivity index (χ4v) is 4.37. The van der Waals surface area contributed by atoms with Crippen molar-refractivity contribution in [2.45, 2.75) is 32.4 Å². The molecule has 0 spiro atoms. The molecule has 0 saturated heterocycles. The van der Waals surface area contributed by atoms with Gasteiger partial charge in [-0.15, -0.1) is 0 Å². The van der Waals surface area contributed by atoms with Gasteiger partial charge in [-0.3, -0.25) is 9.59 Å². The van der Waals surface area contributed by atoms with Crippen LogP contribution in [0.15, 0.2) is 58.2 Å². The van der Waals surface area contributed by atoms with Gasteiger partial charge in [-0.2, -0.15) is 0 Å². The van der Waals surface area contributed by atoms with Crippen molar-refractivity contribution in [3.05, 3.63) is 70.1 Å². The van der Waals surface area contributed by atoms with Crippen molar-refractivity contribution < 1.29 is 33.7 Å². The lowest BCUT2D eigenvalue weighted by Gasteiger charge is -2.26. The van der Waals surface area contributed by atoms with E-state index < -0.39 is 23.5 Å². The topological polar surface area (TPSA) is 109 Å². The summed E-state index contributed by atoms with van der Waals surface area (Å²) in [5, 5.41) is 21.5. The fourth-order valence-electron chi connectivity index (χ4n) is 4.16. The van der Waals surface area contributed by atoms with E-state index in [1.807, 2.05) is 13.8 Å². The molecule has 2 N–H and O–H groups in total. The molecule has 1 aliphatic heterocycles. The van der Waals surface area contributed by atoms with Gasteiger partial charge in [0.1, 0.15) is 5.75 Å². The molecular formula is C26H26ClNO7. The van der Waals surface area contributed by atoms with Crippen molar-refractivity contribution in [2.75, 3.05) is 20.3 Å². The number of ether oxygens (including phenoxy) is 2. The highest BCUT2D eigenvalue weighted by Gasteiger charge is 2.44. The Morgan fingerprint density at radius 1 is 1.17 bits per heavy atom. The number of fused-ring (bicyclic) bond motifs is 1. The normalized spacial score (nSPS) is 16.1. The number of aliphatic hydroxyl groups is 1. The minimum absolute atomic E-state index is 0.0392. The first-order chi connectivity index (χ1) is 16.7. The van der Waals surface area contributed by atoms with Gasteiger partial charge in [0.05, 0.1) is 24.8 Å². The molecule has 3 aromatic rings. The van der Waals surface area contributed by atoms with E-state index in [0.717, 1.165) is 0 Å². The molecule has 2 heterocycles. The number of aromatic hydroxyl groups is 1. The lowest BCUT2D eigenvalue weighted by molar-refractivity contribution is -0.129. The number of ketones is 1. The molecule has 9 heteroatoms. The smallest absolute Gasteiger partial charge is 0.290 e. The Hall–Kier alpha value is -3.49. The Kier molecular flexibility index (Phi) is 7.05. The van der Waals surface area contributed by atoms with Crippen molar-refractivity contribution >= 4 is 34.3 Å². The van der Waals surface area contributed by atoms with E-state index >= 15 is 0 Å². The van der Waals surface area contributed by atoms with Crippen molar-refractivity contribution in [2.24, 2.45) is 0 Å². The minimum Gasteiger partial charge on any atom is -0.508 e. The molecule has 0 aliphatic carbocycles. The average Bonchev–Trinajstić information content (AvgIpc) is 3.35. The van der Waals surface area contributed by atoms with Crippen molar-refractivity contribution in [1.29, 1.82) is 0 Å². The fraction of sp³-hybridized carbons (Fsp3) is 0.308. The second kappa shape index (κ2) is 10.0. The molecule has 0 fully saturated rings. The average molecular weight is 500 g/mol. The number of aliphatic hydroxyl groups excluding tert-OH is 1. The van der Waals surface area contributed by atoms with Gasteiger partial charge in [-0.25, -0.2) is 0 Å². The molecule has 0 saturated carbocycles. The van der Waals surface area contributed by atoms with Gasteiger partial charge < -0.3 is 29.0 Å². The third-order valence-corrected chi connectivity index (χ3v) is 5.96. The van der Waals surface area contributed by atoms with Crippen LogP contribution in [0.1, 0.15) is 42.4 Å². The molecule has 1 amide bonds. The summed E-state index contributed by atoms with van der Waals surface area (Å²) in [7, 11) is 1.46. The number of methoxy groups -OCH3 is 1. The van der Waals surface area contributed by atoms with Crippen LogP contribution in [0.3, 0.4) is 0 Å². The van der Waals surface area contributed by atoms with Gasteiger partial charge in [0.25, 0.3) is 5.91 Å². The third kappa shape index (κ3) is 4.85. The molecule has 184 valence electrons. The number of halogens is 1. The minimum atomic E-state index is -0.867. The highest BCUT2D eigenvalue weighted by molar-refractivity contribution is 6.31. The first-order valence-corrected chi connectivity index (χ1v) is 11.6. The monoisotopic (exact) mass is 499 g/mol. The quantitative estimate of drug-likeness (QED) is 0.308. The van der Waals surface area contributed by atoms with Gasteiger partial charge in [0.2, 0.25) is 5.78 Å². The number of amides is 1. The van der Waals surface area contributed by atoms with Gasteiger partial charge in [0.15, 0.2) is 22.9 Å². The van der Waals surface area contributed by atoms with Gasteiger partial charge >= 0.3 is 0 Å². The van der Waals surface area contributed by atoms with Crippen LogP contribution in [-0.4, -0.2) is 53.2 Å². The number of phenolic OH excluding ortho intramolecular Hbond substituents is 1. The number of benzene rings is 2. The molecule has 2 aromatic carbocycles. The maximum atomic E-state index is 13.6. The molecule has 1 atom stereocenters. The summed E-state index contributed by atoms with van der Waals surface area (Å²) in [4.78, 5) is 28.1. The predicted molar refractivity (Wildman–Crippen MR) is 130 cm³/mol. The predicted octanol–water partition coefficient (Wildman–Crippen LogP) is 5.19. The van der Waals surface area contributed by atoms with Crippen molar-refractivity contribution in [3.8, 4) is 11.5 Å². The summed E-state index contributed by atoms with van der Waals surface area (Å²) >= 11 is 6.14. The largest absolute Gasteiger partial charge is 0.508 e. The standard InChI is InChI=1S/C26H26ClNO7/c1-14(2)34-10-4-9-28-22(15-5-7-18(29)8-6-15)21(24(31)26(28)32)23(30)19-12-16-11-17(27)13-20(33-3)25(16)35-19/h5-8,11-14,22,29,31H,4,9-10H2,1-3H3. The highest BCUT2D eigenvalue weighted by atomic mass is 35.5. The van der Waals surface area contributed by atoms with Crippen molar-refractivity contribution in [1.82, 2.24) is 4.90 Å². The Balaban J connectivity index is 1.73. The molecule has 4 rings (SSSR count). The van der Waals surface area contributed by atoms with Crippen LogP contribution >= 0.6 is 11.6 Å². The first kappa shape index (κ1) is 24.6. The summed E-state index contributed by atoms with van der Waals surface area (Å²) in [5.74, 6) is -1.60. The lowest BCUT2D eigenvalue weighted by atomic mass is 9.95. The Morgan fingerprint density at radius 2 is 1.89 bits per heavy atom. The summed E-state index contributed by atoms with van der Waals surface area (Å²) < 4.78 is 16.7. The number of carbonyl (C=O) groups excluding carboxylic acids is 2. The van der Waals surface area contributed by atoms with E-state index in [4.69, 9.17) is 25.5 Å². The van der Waals surface area contributed by atoms with Crippen LogP contribution in [0.5, 0.6) is 11.5 Å². The van der Waals surface area contributed by atoms with Crippen LogP contribution in [0.2, 0.25) is 5.02 Å². The number of Topliss-reactive ketones (excluding diaryl/α,β-unsaturated/α-hetero) is 1. The molecule has 1 aromatic heterocycles. The van der Waals surface area contributed by atoms with Crippen LogP contribution in [0, 0.1) is 0 Å². The van der Waals surface area contributed by atoms with Crippen LogP contribution < -0.4 is 4.74 Å². The molecule has 35 heavy (non-hydrogen) atoms. The lowest BCUT2D eigenvalue weighted by Crippen LogP contribution is -2.32. The highest BCUT2D eigenvalue weighted by Crippen LogP contribution is 2.41. The number of hydrogen-bond acceptors (Lipinski definition) is 7. The summed E-state index contributed by atoms with van der Waals surface area (Å²) in [6.07, 6.45) is 0.549. The van der Waals surface area contributed by atoms with Gasteiger partial charge in [0, 0.05) is 29.6 Å². The van der Waals surface area contributed by atoms with Crippen LogP contribution in [-0.2, 0) is 9.53 Å². The molecule has 8 nitrogen and oxygen atoms in total. The van der Waals surface area contributed by atoms with E-state index in [1.54, 1.807) is 24.3 Å². The molecular weight excluding hydrogens is 474 g/mol. The number of carbonyl (C=O) groups is 2. The number of nitrogens with zero attached hydrogens (tertiary/aromatic N) is 1. The van der Waals surface area contributed by atoms with E-state index in [9.17, 15) is 19.8 Å². The second-order valence-corrected chi connectivity index (χ2v) is 8.93. The Bertz CT molecular complexity index is 1290. The summed E-state index contributed by atoms with van der Waals surface area (Å²) in [6, 6.07) is 9.98. The number of hydrogen-bond donors (Lipinski definition) is 2. The van der Waals surface area contributed by atoms with E-state index in [2.05, 4.69) is 0 Å². The number of furan rings is 1. The molecule has 0 bridgehead atoms. The Morgan fingerprint density at radius 3 is 2.54 bits per heavy atom. The SMILES string of the molecule is COc1cc(Cl)cc2cc(C(=O)C3=C(O)C(=O)N(CCCOC(C)C)C3c3ccc(O)cc3)oc12. The summed E-state index contributed by atoms with van der Waals surface area (Å²) in [6.45, 7) is 4.50. The zero-order valence-electron chi connectivity index (χ0n) is 19.6. The van der Waals surface area contributed by atoms with Gasteiger partial charge in [-0.1, -0.05) is 23.7 Å². The zero-order chi connectivity index (χ0) is 25.3. The maximum absolute atomic E-state index is 13.6. The second-order valence-electron chi connectivity index (χ2n) is 8.49. The van der Waals surface area contributed by atoms with E-state index in [-0.39, 0.29) is 29.7 Å². The first-order valence-electron chi connectivity index (χ1n) is 11.2. The molecule has 0 radical (unpaired) electrons. The third-order valence-electron chi connectivity index (χ3n) is 5.74. The van der Waals surface area contributed by atoms with Crippen LogP contribution in [0.4, 0.5) is 0 Å². The maximum Gasteiger partial charge on any atom is 0.290 e. The van der Waals surface area contributed by atoms with E-state index in [1.165, 1.54) is 30.2 Å². The Labute approximate surface area is 207 Å². The van der Waals surface area contributed by atoms with Gasteiger partial charge in [-0.05, 0) is 50.1 Å². The van der Waals surface area contributed by atoms with E-state index in [0.29, 0.717) is 40.3 Å². The number of rotatable bonds is 9. The zero-order valence-corrected chi connectivity index (χ0v) is 20.3. The summed E-state index contributed by atoms with van der Waals surface area (Å²) in [5.41, 5.74) is 0.785. The van der Waals surface area contributed by atoms with Crippen LogP contribution in [0.25, 0.3) is 11.0 Å². The van der Waals surface area contributed by atoms with Crippen molar-refractivity contribution in [3.63, 3.8) is 0 Å². The molecule has 1 aliphatic rings. The molecule has 1 unspecified atom stereocenters. The number of phenols is 1.